The van der Waals surface area contributed by atoms with Crippen molar-refractivity contribution in [1.82, 2.24) is 10.2 Å². The fraction of sp³-hybridized carbons (Fsp3) is 0.273. The van der Waals surface area contributed by atoms with Crippen molar-refractivity contribution in [2.75, 3.05) is 5.32 Å². The minimum absolute atomic E-state index is 0.139. The Morgan fingerprint density at radius 2 is 2.05 bits per heavy atom. The zero-order valence-corrected chi connectivity index (χ0v) is 10.5. The van der Waals surface area contributed by atoms with Crippen molar-refractivity contribution in [3.8, 4) is 0 Å². The van der Waals surface area contributed by atoms with Gasteiger partial charge in [0.2, 0.25) is 11.8 Å². The maximum absolute atomic E-state index is 12.6. The maximum Gasteiger partial charge on any atom is 0.417 e. The third-order valence-electron chi connectivity index (χ3n) is 2.28. The largest absolute Gasteiger partial charge is 0.424 e. The minimum atomic E-state index is -4.49. The summed E-state index contributed by atoms with van der Waals surface area (Å²) in [5, 5.41) is 9.75. The average molecular weight is 292 g/mol. The van der Waals surface area contributed by atoms with Gasteiger partial charge in [0.25, 0.3) is 0 Å². The molecule has 1 aromatic heterocycles. The molecule has 0 unspecified atom stereocenters. The lowest BCUT2D eigenvalue weighted by Gasteiger charge is -2.11. The molecule has 0 bridgehead atoms. The van der Waals surface area contributed by atoms with Crippen molar-refractivity contribution in [3.05, 3.63) is 40.6 Å². The zero-order valence-electron chi connectivity index (χ0n) is 9.75. The molecule has 0 saturated heterocycles. The van der Waals surface area contributed by atoms with Gasteiger partial charge >= 0.3 is 6.18 Å². The Bertz CT molecular complexity index is 583. The van der Waals surface area contributed by atoms with E-state index in [2.05, 4.69) is 15.5 Å². The van der Waals surface area contributed by atoms with Crippen LogP contribution < -0.4 is 5.32 Å². The fourth-order valence-corrected chi connectivity index (χ4v) is 1.66. The summed E-state index contributed by atoms with van der Waals surface area (Å²) in [5.74, 6) is 0.685. The van der Waals surface area contributed by atoms with Gasteiger partial charge in [-0.05, 0) is 18.2 Å². The molecule has 0 radical (unpaired) electrons. The Morgan fingerprint density at radius 3 is 2.63 bits per heavy atom. The van der Waals surface area contributed by atoms with E-state index in [0.717, 1.165) is 6.07 Å². The Balaban J connectivity index is 2.13. The number of aromatic nitrogens is 2. The van der Waals surface area contributed by atoms with Crippen LogP contribution in [0.3, 0.4) is 0 Å². The van der Waals surface area contributed by atoms with E-state index in [-0.39, 0.29) is 17.3 Å². The summed E-state index contributed by atoms with van der Waals surface area (Å²) in [4.78, 5) is 0. The molecule has 1 aromatic carbocycles. The zero-order chi connectivity index (χ0) is 14.0. The molecule has 1 N–H and O–H groups in total. The molecule has 0 amide bonds. The van der Waals surface area contributed by atoms with Crippen LogP contribution in [0, 0.1) is 6.92 Å². The van der Waals surface area contributed by atoms with Crippen LogP contribution in [0.25, 0.3) is 0 Å². The van der Waals surface area contributed by atoms with E-state index < -0.39 is 11.7 Å². The molecule has 0 aliphatic rings. The Hall–Kier alpha value is -1.76. The van der Waals surface area contributed by atoms with Crippen LogP contribution in [0.5, 0.6) is 0 Å². The molecule has 0 spiro atoms. The number of hydrogen-bond donors (Lipinski definition) is 1. The number of anilines is 1. The lowest BCUT2D eigenvalue weighted by molar-refractivity contribution is -0.137. The number of halogens is 4. The van der Waals surface area contributed by atoms with Crippen LogP contribution in [-0.2, 0) is 12.7 Å². The van der Waals surface area contributed by atoms with E-state index in [1.807, 2.05) is 0 Å². The number of aryl methyl sites for hydroxylation is 1. The summed E-state index contributed by atoms with van der Waals surface area (Å²) in [7, 11) is 0. The fourth-order valence-electron chi connectivity index (χ4n) is 1.44. The standard InChI is InChI=1S/C11H9ClF3N3O/c1-6-17-18-10(19-6)5-16-7-2-3-9(12)8(4-7)11(13,14)15/h2-4,16H,5H2,1H3. The number of nitrogens with zero attached hydrogens (tertiary/aromatic N) is 2. The van der Waals surface area contributed by atoms with Gasteiger partial charge in [-0.15, -0.1) is 10.2 Å². The van der Waals surface area contributed by atoms with E-state index in [1.54, 1.807) is 6.92 Å². The second-order valence-corrected chi connectivity index (χ2v) is 4.17. The van der Waals surface area contributed by atoms with Crippen molar-refractivity contribution in [2.45, 2.75) is 19.6 Å². The summed E-state index contributed by atoms with van der Waals surface area (Å²) >= 11 is 5.51. The lowest BCUT2D eigenvalue weighted by Crippen LogP contribution is -2.07. The van der Waals surface area contributed by atoms with Crippen molar-refractivity contribution >= 4 is 17.3 Å². The topological polar surface area (TPSA) is 51.0 Å². The summed E-state index contributed by atoms with van der Waals surface area (Å²) < 4.78 is 43.0. The third kappa shape index (κ3) is 3.37. The van der Waals surface area contributed by atoms with Crippen molar-refractivity contribution in [1.29, 1.82) is 0 Å². The van der Waals surface area contributed by atoms with Crippen LogP contribution in [0.2, 0.25) is 5.02 Å². The van der Waals surface area contributed by atoms with E-state index >= 15 is 0 Å². The molecule has 19 heavy (non-hydrogen) atoms. The van der Waals surface area contributed by atoms with E-state index in [4.69, 9.17) is 16.0 Å². The van der Waals surface area contributed by atoms with Gasteiger partial charge in [0.1, 0.15) is 0 Å². The monoisotopic (exact) mass is 291 g/mol. The van der Waals surface area contributed by atoms with E-state index in [1.165, 1.54) is 12.1 Å². The summed E-state index contributed by atoms with van der Waals surface area (Å²) in [6.07, 6.45) is -4.49. The highest BCUT2D eigenvalue weighted by Crippen LogP contribution is 2.36. The van der Waals surface area contributed by atoms with E-state index in [9.17, 15) is 13.2 Å². The van der Waals surface area contributed by atoms with Gasteiger partial charge in [-0.25, -0.2) is 0 Å². The van der Waals surface area contributed by atoms with Crippen LogP contribution in [0.15, 0.2) is 22.6 Å². The number of rotatable bonds is 3. The first-order valence-electron chi connectivity index (χ1n) is 5.26. The van der Waals surface area contributed by atoms with E-state index in [0.29, 0.717) is 11.8 Å². The third-order valence-corrected chi connectivity index (χ3v) is 2.61. The molecule has 0 saturated carbocycles. The van der Waals surface area contributed by atoms with Crippen LogP contribution in [0.4, 0.5) is 18.9 Å². The van der Waals surface area contributed by atoms with Crippen LogP contribution in [0.1, 0.15) is 17.3 Å². The molecule has 0 fully saturated rings. The smallest absolute Gasteiger partial charge is 0.417 e. The molecule has 0 aliphatic heterocycles. The highest BCUT2D eigenvalue weighted by Gasteiger charge is 2.33. The van der Waals surface area contributed by atoms with Crippen molar-refractivity contribution in [3.63, 3.8) is 0 Å². The first-order chi connectivity index (χ1) is 8.86. The number of hydrogen-bond acceptors (Lipinski definition) is 4. The minimum Gasteiger partial charge on any atom is -0.424 e. The predicted octanol–water partition coefficient (Wildman–Crippen LogP) is 3.66. The highest BCUT2D eigenvalue weighted by atomic mass is 35.5. The molecule has 8 heteroatoms. The predicted molar refractivity (Wildman–Crippen MR) is 62.8 cm³/mol. The molecular formula is C11H9ClF3N3O. The highest BCUT2D eigenvalue weighted by molar-refractivity contribution is 6.31. The summed E-state index contributed by atoms with van der Waals surface area (Å²) in [6, 6.07) is 3.57. The number of benzene rings is 1. The maximum atomic E-state index is 12.6. The summed E-state index contributed by atoms with van der Waals surface area (Å²) in [6.45, 7) is 1.76. The first-order valence-corrected chi connectivity index (χ1v) is 5.63. The van der Waals surface area contributed by atoms with Gasteiger partial charge in [0.15, 0.2) is 0 Å². The molecule has 0 aliphatic carbocycles. The second kappa shape index (κ2) is 5.08. The molecule has 2 aromatic rings. The molecule has 102 valence electrons. The normalized spacial score (nSPS) is 11.6. The number of nitrogens with one attached hydrogen (secondary N) is 1. The average Bonchev–Trinajstić information content (AvgIpc) is 2.72. The van der Waals surface area contributed by atoms with Gasteiger partial charge in [-0.2, -0.15) is 13.2 Å². The second-order valence-electron chi connectivity index (χ2n) is 3.76. The Morgan fingerprint density at radius 1 is 1.32 bits per heavy atom. The molecular weight excluding hydrogens is 283 g/mol. The van der Waals surface area contributed by atoms with Gasteiger partial charge in [0.05, 0.1) is 17.1 Å². The molecule has 4 nitrogen and oxygen atoms in total. The molecule has 2 rings (SSSR count). The lowest BCUT2D eigenvalue weighted by atomic mass is 10.2. The SMILES string of the molecule is Cc1nnc(CNc2ccc(Cl)c(C(F)(F)F)c2)o1. The molecule has 0 atom stereocenters. The van der Waals surface area contributed by atoms with Gasteiger partial charge in [-0.3, -0.25) is 0 Å². The van der Waals surface area contributed by atoms with Gasteiger partial charge in [-0.1, -0.05) is 11.6 Å². The Labute approximate surface area is 111 Å². The van der Waals surface area contributed by atoms with Crippen LogP contribution >= 0.6 is 11.6 Å². The van der Waals surface area contributed by atoms with Crippen LogP contribution in [-0.4, -0.2) is 10.2 Å². The van der Waals surface area contributed by atoms with Gasteiger partial charge in [0, 0.05) is 12.6 Å². The van der Waals surface area contributed by atoms with Gasteiger partial charge < -0.3 is 9.73 Å². The Kier molecular flexibility index (Phi) is 3.66. The molecule has 1 heterocycles. The number of alkyl halides is 3. The van der Waals surface area contributed by atoms with Crippen molar-refractivity contribution in [2.24, 2.45) is 0 Å². The summed E-state index contributed by atoms with van der Waals surface area (Å²) in [5.41, 5.74) is -0.617. The van der Waals surface area contributed by atoms with Crippen molar-refractivity contribution < 1.29 is 17.6 Å². The first kappa shape index (κ1) is 13.7. The quantitative estimate of drug-likeness (QED) is 0.937.